The lowest BCUT2D eigenvalue weighted by molar-refractivity contribution is 0.104. The number of ketones is 1. The third-order valence-electron chi connectivity index (χ3n) is 3.44. The average molecular weight is 401 g/mol. The van der Waals surface area contributed by atoms with Gasteiger partial charge in [0.05, 0.1) is 17.3 Å². The van der Waals surface area contributed by atoms with Gasteiger partial charge in [-0.15, -0.1) is 5.10 Å². The number of phenols is 1. The molecular weight excluding hydrogens is 388 g/mol. The van der Waals surface area contributed by atoms with Crippen molar-refractivity contribution in [1.82, 2.24) is 20.2 Å². The molecule has 3 aromatic rings. The minimum absolute atomic E-state index is 0.0140. The molecule has 1 heterocycles. The Morgan fingerprint density at radius 1 is 1.32 bits per heavy atom. The number of halogens is 1. The van der Waals surface area contributed by atoms with Crippen molar-refractivity contribution < 1.29 is 14.6 Å². The van der Waals surface area contributed by atoms with Crippen molar-refractivity contribution in [1.29, 1.82) is 0 Å². The average Bonchev–Trinajstić information content (AvgIpc) is 3.17. The van der Waals surface area contributed by atoms with E-state index in [0.717, 1.165) is 0 Å². The van der Waals surface area contributed by atoms with Gasteiger partial charge in [0.25, 0.3) is 0 Å². The highest BCUT2D eigenvalue weighted by molar-refractivity contribution is 9.10. The van der Waals surface area contributed by atoms with Crippen molar-refractivity contribution in [2.75, 3.05) is 7.11 Å². The summed E-state index contributed by atoms with van der Waals surface area (Å²) in [5.74, 6) is 0.167. The van der Waals surface area contributed by atoms with Gasteiger partial charge in [-0.3, -0.25) is 4.79 Å². The van der Waals surface area contributed by atoms with E-state index in [1.807, 2.05) is 0 Å². The molecule has 0 amide bonds. The van der Waals surface area contributed by atoms with Gasteiger partial charge in [-0.1, -0.05) is 18.2 Å². The molecule has 0 bridgehead atoms. The maximum Gasteiger partial charge on any atom is 0.185 e. The van der Waals surface area contributed by atoms with Crippen LogP contribution >= 0.6 is 15.9 Å². The molecule has 7 nitrogen and oxygen atoms in total. The van der Waals surface area contributed by atoms with E-state index in [1.165, 1.54) is 24.2 Å². The van der Waals surface area contributed by atoms with Crippen molar-refractivity contribution in [2.24, 2.45) is 0 Å². The summed E-state index contributed by atoms with van der Waals surface area (Å²) in [6.45, 7) is 0. The van der Waals surface area contributed by atoms with Crippen LogP contribution in [0.5, 0.6) is 11.5 Å². The Morgan fingerprint density at radius 3 is 2.88 bits per heavy atom. The normalized spacial score (nSPS) is 11.0. The van der Waals surface area contributed by atoms with Gasteiger partial charge in [0, 0.05) is 5.56 Å². The highest BCUT2D eigenvalue weighted by atomic mass is 79.9. The summed E-state index contributed by atoms with van der Waals surface area (Å²) in [7, 11) is 1.46. The molecule has 25 heavy (non-hydrogen) atoms. The molecule has 0 aliphatic carbocycles. The molecule has 1 aromatic heterocycles. The third-order valence-corrected chi connectivity index (χ3v) is 4.05. The largest absolute Gasteiger partial charge is 0.503 e. The van der Waals surface area contributed by atoms with E-state index >= 15 is 0 Å². The van der Waals surface area contributed by atoms with Crippen LogP contribution in [-0.2, 0) is 0 Å². The van der Waals surface area contributed by atoms with Gasteiger partial charge < -0.3 is 9.84 Å². The molecule has 1 N–H and O–H groups in total. The number of hydrogen-bond acceptors (Lipinski definition) is 6. The Labute approximate surface area is 151 Å². The third kappa shape index (κ3) is 3.74. The maximum atomic E-state index is 12.4. The number of tetrazole rings is 1. The van der Waals surface area contributed by atoms with E-state index in [9.17, 15) is 9.90 Å². The van der Waals surface area contributed by atoms with E-state index in [-0.39, 0.29) is 11.5 Å². The zero-order chi connectivity index (χ0) is 17.8. The lowest BCUT2D eigenvalue weighted by Gasteiger charge is -2.06. The van der Waals surface area contributed by atoms with Crippen molar-refractivity contribution in [3.05, 3.63) is 64.4 Å². The minimum Gasteiger partial charge on any atom is -0.503 e. The maximum absolute atomic E-state index is 12.4. The van der Waals surface area contributed by atoms with Gasteiger partial charge in [-0.2, -0.15) is 0 Å². The van der Waals surface area contributed by atoms with E-state index in [2.05, 4.69) is 31.5 Å². The second-order valence-corrected chi connectivity index (χ2v) is 5.91. The standard InChI is InChI=1S/C17H13BrN4O3/c1-25-16-8-11(7-14(18)17(16)24)5-6-15(23)12-3-2-4-13(9-12)22-10-19-20-21-22/h2-10,24H,1H3/b6-5+. The van der Waals surface area contributed by atoms with Crippen LogP contribution in [0.3, 0.4) is 0 Å². The Kier molecular flexibility index (Phi) is 4.90. The number of rotatable bonds is 5. The fourth-order valence-electron chi connectivity index (χ4n) is 2.20. The molecule has 0 saturated heterocycles. The number of benzene rings is 2. The SMILES string of the molecule is COc1cc(/C=C/C(=O)c2cccc(-n3cnnn3)c2)cc(Br)c1O. The summed E-state index contributed by atoms with van der Waals surface area (Å²) in [5.41, 5.74) is 1.92. The Hall–Kier alpha value is -3.00. The number of nitrogens with zero attached hydrogens (tertiary/aromatic N) is 4. The van der Waals surface area contributed by atoms with Crippen molar-refractivity contribution >= 4 is 27.8 Å². The topological polar surface area (TPSA) is 90.1 Å². The van der Waals surface area contributed by atoms with Crippen LogP contribution in [-0.4, -0.2) is 38.2 Å². The molecule has 0 spiro atoms. The number of methoxy groups -OCH3 is 1. The number of hydrogen-bond donors (Lipinski definition) is 1. The number of ether oxygens (including phenoxy) is 1. The summed E-state index contributed by atoms with van der Waals surface area (Å²) >= 11 is 3.25. The second kappa shape index (κ2) is 7.27. The molecule has 0 radical (unpaired) electrons. The number of aromatic nitrogens is 4. The molecular formula is C17H13BrN4O3. The van der Waals surface area contributed by atoms with E-state index in [0.29, 0.717) is 27.0 Å². The summed E-state index contributed by atoms with van der Waals surface area (Å²) in [5, 5.41) is 20.8. The Bertz CT molecular complexity index is 939. The second-order valence-electron chi connectivity index (χ2n) is 5.06. The fraction of sp³-hybridized carbons (Fsp3) is 0.0588. The van der Waals surface area contributed by atoms with E-state index in [4.69, 9.17) is 4.74 Å². The highest BCUT2D eigenvalue weighted by Crippen LogP contribution is 2.35. The van der Waals surface area contributed by atoms with Crippen LogP contribution in [0.15, 0.2) is 53.3 Å². The number of allylic oxidation sites excluding steroid dienone is 1. The van der Waals surface area contributed by atoms with Gasteiger partial charge >= 0.3 is 0 Å². The lowest BCUT2D eigenvalue weighted by atomic mass is 10.1. The summed E-state index contributed by atoms with van der Waals surface area (Å²) in [6.07, 6.45) is 4.56. The smallest absolute Gasteiger partial charge is 0.185 e. The van der Waals surface area contributed by atoms with Crippen LogP contribution in [0.2, 0.25) is 0 Å². The van der Waals surface area contributed by atoms with Crippen LogP contribution in [0, 0.1) is 0 Å². The molecule has 0 saturated carbocycles. The van der Waals surface area contributed by atoms with Gasteiger partial charge in [0.15, 0.2) is 17.3 Å². The highest BCUT2D eigenvalue weighted by Gasteiger charge is 2.08. The van der Waals surface area contributed by atoms with Gasteiger partial charge in [0.2, 0.25) is 0 Å². The number of phenolic OH excluding ortho intramolecular Hbond substituents is 1. The van der Waals surface area contributed by atoms with Crippen LogP contribution in [0.1, 0.15) is 15.9 Å². The molecule has 0 aliphatic heterocycles. The summed E-state index contributed by atoms with van der Waals surface area (Å²) in [4.78, 5) is 12.4. The molecule has 3 rings (SSSR count). The predicted molar refractivity (Wildman–Crippen MR) is 94.9 cm³/mol. The molecule has 2 aromatic carbocycles. The molecule has 0 unspecified atom stereocenters. The van der Waals surface area contributed by atoms with Gasteiger partial charge in [-0.05, 0) is 62.3 Å². The van der Waals surface area contributed by atoms with Gasteiger partial charge in [-0.25, -0.2) is 4.68 Å². The van der Waals surface area contributed by atoms with Crippen LogP contribution in [0.4, 0.5) is 0 Å². The summed E-state index contributed by atoms with van der Waals surface area (Å²) < 4.78 is 7.06. The van der Waals surface area contributed by atoms with Crippen LogP contribution in [0.25, 0.3) is 11.8 Å². The first-order chi connectivity index (χ1) is 12.1. The summed E-state index contributed by atoms with van der Waals surface area (Å²) in [6, 6.07) is 10.3. The van der Waals surface area contributed by atoms with Crippen LogP contribution < -0.4 is 4.74 Å². The number of carbonyl (C=O) groups excluding carboxylic acids is 1. The molecule has 126 valence electrons. The van der Waals surface area contributed by atoms with Crippen molar-refractivity contribution in [3.8, 4) is 17.2 Å². The predicted octanol–water partition coefficient (Wildman–Crippen LogP) is 3.04. The number of carbonyl (C=O) groups is 1. The van der Waals surface area contributed by atoms with Gasteiger partial charge in [0.1, 0.15) is 6.33 Å². The first-order valence-corrected chi connectivity index (χ1v) is 8.00. The number of aromatic hydroxyl groups is 1. The zero-order valence-electron chi connectivity index (χ0n) is 13.1. The van der Waals surface area contributed by atoms with E-state index < -0.39 is 0 Å². The Balaban J connectivity index is 1.84. The molecule has 0 aliphatic rings. The van der Waals surface area contributed by atoms with Crippen molar-refractivity contribution in [3.63, 3.8) is 0 Å². The zero-order valence-corrected chi connectivity index (χ0v) is 14.7. The Morgan fingerprint density at radius 2 is 2.16 bits per heavy atom. The van der Waals surface area contributed by atoms with E-state index in [1.54, 1.807) is 42.5 Å². The monoisotopic (exact) mass is 400 g/mol. The first kappa shape index (κ1) is 16.8. The quantitative estimate of drug-likeness (QED) is 0.522. The lowest BCUT2D eigenvalue weighted by Crippen LogP contribution is -1.99. The minimum atomic E-state index is -0.168. The molecule has 0 atom stereocenters. The fourth-order valence-corrected chi connectivity index (χ4v) is 2.65. The van der Waals surface area contributed by atoms with Crippen molar-refractivity contribution in [2.45, 2.75) is 0 Å². The molecule has 0 fully saturated rings. The first-order valence-electron chi connectivity index (χ1n) is 7.21. The molecule has 8 heteroatoms.